The van der Waals surface area contributed by atoms with E-state index in [0.717, 1.165) is 30.6 Å². The summed E-state index contributed by atoms with van der Waals surface area (Å²) in [7, 11) is 0. The van der Waals surface area contributed by atoms with Gasteiger partial charge >= 0.3 is 0 Å². The van der Waals surface area contributed by atoms with Gasteiger partial charge in [-0.3, -0.25) is 0 Å². The third kappa shape index (κ3) is 4.23. The normalized spacial score (nSPS) is 16.5. The smallest absolute Gasteiger partial charge is 0.130 e. The maximum Gasteiger partial charge on any atom is 0.130 e. The highest BCUT2D eigenvalue weighted by Crippen LogP contribution is 2.38. The zero-order valence-electron chi connectivity index (χ0n) is 14.1. The number of ether oxygens (including phenoxy) is 1. The number of hydrogen-bond acceptors (Lipinski definition) is 2. The topological polar surface area (TPSA) is 29.5 Å². The lowest BCUT2D eigenvalue weighted by Gasteiger charge is -2.23. The molecule has 0 saturated carbocycles. The van der Waals surface area contributed by atoms with E-state index >= 15 is 0 Å². The van der Waals surface area contributed by atoms with E-state index in [1.165, 1.54) is 16.7 Å². The third-order valence-corrected chi connectivity index (χ3v) is 3.84. The molecule has 0 amide bonds. The molecule has 0 saturated heterocycles. The molecule has 2 heteroatoms. The van der Waals surface area contributed by atoms with Crippen molar-refractivity contribution >= 4 is 5.57 Å². The van der Waals surface area contributed by atoms with Crippen LogP contribution < -0.4 is 0 Å². The first-order valence-electron chi connectivity index (χ1n) is 8.49. The van der Waals surface area contributed by atoms with Crippen LogP contribution in [0.3, 0.4) is 0 Å². The largest absolute Gasteiger partial charge is 0.490 e. The Hall–Kier alpha value is -2.06. The minimum absolute atomic E-state index is 0.0378. The SMILES string of the molecule is CC.OCCOC1=C(C2=CC=CC2)CCC=C1c1ccccc1. The average molecular weight is 310 g/mol. The van der Waals surface area contributed by atoms with Gasteiger partial charge in [0.1, 0.15) is 12.4 Å². The van der Waals surface area contributed by atoms with Gasteiger partial charge in [0.15, 0.2) is 0 Å². The molecule has 0 bridgehead atoms. The van der Waals surface area contributed by atoms with Gasteiger partial charge in [-0.1, -0.05) is 68.5 Å². The van der Waals surface area contributed by atoms with E-state index in [4.69, 9.17) is 9.84 Å². The van der Waals surface area contributed by atoms with E-state index in [9.17, 15) is 0 Å². The van der Waals surface area contributed by atoms with Gasteiger partial charge in [0.25, 0.3) is 0 Å². The Morgan fingerprint density at radius 1 is 1.13 bits per heavy atom. The molecule has 1 N–H and O–H groups in total. The van der Waals surface area contributed by atoms with Gasteiger partial charge in [0.2, 0.25) is 0 Å². The second kappa shape index (κ2) is 9.16. The van der Waals surface area contributed by atoms with Gasteiger partial charge in [-0.15, -0.1) is 0 Å². The van der Waals surface area contributed by atoms with Crippen molar-refractivity contribution < 1.29 is 9.84 Å². The summed E-state index contributed by atoms with van der Waals surface area (Å²) in [6.07, 6.45) is 11.7. The van der Waals surface area contributed by atoms with E-state index in [-0.39, 0.29) is 6.61 Å². The monoisotopic (exact) mass is 310 g/mol. The summed E-state index contributed by atoms with van der Waals surface area (Å²) in [5, 5.41) is 9.11. The highest BCUT2D eigenvalue weighted by molar-refractivity contribution is 5.80. The second-order valence-corrected chi connectivity index (χ2v) is 5.23. The fraction of sp³-hybridized carbons (Fsp3) is 0.333. The number of hydrogen-bond donors (Lipinski definition) is 1. The van der Waals surface area contributed by atoms with Gasteiger partial charge in [-0.25, -0.2) is 0 Å². The quantitative estimate of drug-likeness (QED) is 0.825. The predicted molar refractivity (Wildman–Crippen MR) is 96.9 cm³/mol. The molecule has 1 aromatic rings. The number of benzene rings is 1. The van der Waals surface area contributed by atoms with Crippen molar-refractivity contribution in [1.82, 2.24) is 0 Å². The zero-order chi connectivity index (χ0) is 16.5. The highest BCUT2D eigenvalue weighted by Gasteiger charge is 2.21. The maximum atomic E-state index is 9.11. The molecule has 0 heterocycles. The molecule has 3 rings (SSSR count). The van der Waals surface area contributed by atoms with Gasteiger partial charge < -0.3 is 9.84 Å². The van der Waals surface area contributed by atoms with E-state index in [0.29, 0.717) is 6.61 Å². The highest BCUT2D eigenvalue weighted by atomic mass is 16.5. The Balaban J connectivity index is 0.000000924. The van der Waals surface area contributed by atoms with Crippen LogP contribution in [-0.2, 0) is 4.74 Å². The molecule has 2 aliphatic carbocycles. The van der Waals surface area contributed by atoms with Crippen molar-refractivity contribution in [2.24, 2.45) is 0 Å². The molecule has 2 nitrogen and oxygen atoms in total. The van der Waals surface area contributed by atoms with Crippen LogP contribution in [0.2, 0.25) is 0 Å². The van der Waals surface area contributed by atoms with Crippen LogP contribution in [-0.4, -0.2) is 18.3 Å². The summed E-state index contributed by atoms with van der Waals surface area (Å²) >= 11 is 0. The van der Waals surface area contributed by atoms with E-state index < -0.39 is 0 Å². The van der Waals surface area contributed by atoms with E-state index in [1.54, 1.807) is 0 Å². The van der Waals surface area contributed by atoms with Gasteiger partial charge in [0.05, 0.1) is 6.61 Å². The van der Waals surface area contributed by atoms with E-state index in [1.807, 2.05) is 32.0 Å². The fourth-order valence-corrected chi connectivity index (χ4v) is 2.89. The third-order valence-electron chi connectivity index (χ3n) is 3.84. The zero-order valence-corrected chi connectivity index (χ0v) is 14.1. The summed E-state index contributed by atoms with van der Waals surface area (Å²) in [6.45, 7) is 4.37. The maximum absolute atomic E-state index is 9.11. The number of allylic oxidation sites excluding steroid dienone is 7. The minimum Gasteiger partial charge on any atom is -0.490 e. The lowest BCUT2D eigenvalue weighted by Crippen LogP contribution is -2.09. The Labute approximate surface area is 139 Å². The van der Waals surface area contributed by atoms with Crippen LogP contribution in [0.1, 0.15) is 38.7 Å². The second-order valence-electron chi connectivity index (χ2n) is 5.23. The van der Waals surface area contributed by atoms with Crippen molar-refractivity contribution in [3.05, 3.63) is 77.1 Å². The molecule has 122 valence electrons. The Kier molecular flexibility index (Phi) is 6.89. The Morgan fingerprint density at radius 3 is 2.57 bits per heavy atom. The van der Waals surface area contributed by atoms with Crippen LogP contribution in [0.5, 0.6) is 0 Å². The molecule has 0 spiro atoms. The summed E-state index contributed by atoms with van der Waals surface area (Å²) in [4.78, 5) is 0. The first-order chi connectivity index (χ1) is 11.4. The van der Waals surface area contributed by atoms with Crippen molar-refractivity contribution in [3.8, 4) is 0 Å². The van der Waals surface area contributed by atoms with E-state index in [2.05, 4.69) is 36.4 Å². The van der Waals surface area contributed by atoms with Crippen molar-refractivity contribution in [3.63, 3.8) is 0 Å². The molecule has 0 aromatic heterocycles. The Morgan fingerprint density at radius 2 is 1.91 bits per heavy atom. The molecule has 0 radical (unpaired) electrons. The minimum atomic E-state index is 0.0378. The number of aliphatic hydroxyl groups excluding tert-OH is 1. The summed E-state index contributed by atoms with van der Waals surface area (Å²) < 4.78 is 5.92. The molecule has 0 aliphatic heterocycles. The van der Waals surface area contributed by atoms with Crippen molar-refractivity contribution in [1.29, 1.82) is 0 Å². The molecule has 0 unspecified atom stereocenters. The summed E-state index contributed by atoms with van der Waals surface area (Å²) in [6, 6.07) is 10.3. The molecular formula is C21H26O2. The van der Waals surface area contributed by atoms with Crippen LogP contribution in [0.15, 0.2) is 71.5 Å². The number of aliphatic hydroxyl groups is 1. The standard InChI is InChI=1S/C19H20O2.C2H6/c20-13-14-21-19-17(15-7-2-1-3-8-15)11-6-12-18(19)16-9-4-5-10-16;1-2/h1-5,7-9,11,20H,6,10,12-14H2;1-2H3. The Bertz CT molecular complexity index is 619. The van der Waals surface area contributed by atoms with Crippen LogP contribution >= 0.6 is 0 Å². The molecule has 0 fully saturated rings. The van der Waals surface area contributed by atoms with Gasteiger partial charge in [-0.05, 0) is 36.0 Å². The predicted octanol–water partition coefficient (Wildman–Crippen LogP) is 5.04. The fourth-order valence-electron chi connectivity index (χ4n) is 2.89. The lowest BCUT2D eigenvalue weighted by atomic mass is 9.88. The number of rotatable bonds is 5. The van der Waals surface area contributed by atoms with Gasteiger partial charge in [-0.2, -0.15) is 0 Å². The van der Waals surface area contributed by atoms with Crippen molar-refractivity contribution in [2.45, 2.75) is 33.1 Å². The average Bonchev–Trinajstić information content (AvgIpc) is 3.16. The molecule has 1 aromatic carbocycles. The lowest BCUT2D eigenvalue weighted by molar-refractivity contribution is 0.151. The molecule has 23 heavy (non-hydrogen) atoms. The molecule has 0 atom stereocenters. The van der Waals surface area contributed by atoms with Gasteiger partial charge in [0, 0.05) is 5.57 Å². The summed E-state index contributed by atoms with van der Waals surface area (Å²) in [5.41, 5.74) is 4.95. The molecular weight excluding hydrogens is 284 g/mol. The van der Waals surface area contributed by atoms with Crippen LogP contribution in [0, 0.1) is 0 Å². The van der Waals surface area contributed by atoms with Crippen LogP contribution in [0.4, 0.5) is 0 Å². The van der Waals surface area contributed by atoms with Crippen LogP contribution in [0.25, 0.3) is 5.57 Å². The molecule has 2 aliphatic rings. The van der Waals surface area contributed by atoms with Crippen molar-refractivity contribution in [2.75, 3.05) is 13.2 Å². The first-order valence-corrected chi connectivity index (χ1v) is 8.49. The first kappa shape index (κ1) is 17.3. The summed E-state index contributed by atoms with van der Waals surface area (Å²) in [5.74, 6) is 0.941.